The molecule has 29 heavy (non-hydrogen) atoms. The van der Waals surface area contributed by atoms with E-state index in [0.717, 1.165) is 30.6 Å². The number of amides is 2. The molecule has 5 rings (SSSR count). The molecule has 7 heteroatoms. The van der Waals surface area contributed by atoms with E-state index < -0.39 is 6.04 Å². The highest BCUT2D eigenvalue weighted by atomic mass is 16.2. The number of aromatic nitrogens is 3. The zero-order valence-corrected chi connectivity index (χ0v) is 16.4. The molecular formula is C22H23N5O2. The van der Waals surface area contributed by atoms with E-state index >= 15 is 0 Å². The Labute approximate surface area is 169 Å². The van der Waals surface area contributed by atoms with Gasteiger partial charge >= 0.3 is 0 Å². The topological polar surface area (TPSA) is 71.3 Å². The van der Waals surface area contributed by atoms with E-state index in [0.29, 0.717) is 24.2 Å². The first-order valence-corrected chi connectivity index (χ1v) is 10.1. The molecule has 2 aliphatic rings. The maximum Gasteiger partial charge on any atom is 0.256 e. The van der Waals surface area contributed by atoms with Crippen LogP contribution < -0.4 is 0 Å². The summed E-state index contributed by atoms with van der Waals surface area (Å²) in [7, 11) is 0. The summed E-state index contributed by atoms with van der Waals surface area (Å²) < 4.78 is 1.97. The van der Waals surface area contributed by atoms with Crippen molar-refractivity contribution in [3.8, 4) is 0 Å². The molecule has 7 nitrogen and oxygen atoms in total. The number of hydrogen-bond donors (Lipinski definition) is 0. The van der Waals surface area contributed by atoms with E-state index in [1.807, 2.05) is 34.6 Å². The van der Waals surface area contributed by atoms with Crippen molar-refractivity contribution in [3.63, 3.8) is 0 Å². The fourth-order valence-electron chi connectivity index (χ4n) is 4.46. The number of imidazole rings is 1. The summed E-state index contributed by atoms with van der Waals surface area (Å²) in [6.07, 6.45) is 5.33. The number of rotatable bonds is 3. The van der Waals surface area contributed by atoms with Crippen LogP contribution in [0.5, 0.6) is 0 Å². The molecule has 2 aromatic heterocycles. The number of fused-ring (bicyclic) bond motifs is 2. The SMILES string of the molecule is C[C@@H]1C(=O)N2CCC[C@H]2CN1C(=O)c1cnc2c(c1)ncn2Cc1ccccc1. The fraction of sp³-hybridized carbons (Fsp3) is 0.364. The summed E-state index contributed by atoms with van der Waals surface area (Å²) in [5.41, 5.74) is 3.07. The van der Waals surface area contributed by atoms with Gasteiger partial charge in [0.15, 0.2) is 5.65 Å². The van der Waals surface area contributed by atoms with Gasteiger partial charge in [0.25, 0.3) is 5.91 Å². The van der Waals surface area contributed by atoms with Gasteiger partial charge in [0.2, 0.25) is 5.91 Å². The van der Waals surface area contributed by atoms with Crippen molar-refractivity contribution in [3.05, 3.63) is 60.0 Å². The standard InChI is InChI=1S/C22H23N5O2/c1-15-21(28)26-9-5-8-18(26)13-27(15)22(29)17-10-19-20(23-11-17)25(14-24-19)12-16-6-3-2-4-7-16/h2-4,6-7,10-11,14-15,18H,5,8-9,12-13H2,1H3/t15-,18+/m1/s1. The van der Waals surface area contributed by atoms with Crippen LogP contribution in [-0.2, 0) is 11.3 Å². The average Bonchev–Trinajstić information content (AvgIpc) is 3.38. The Balaban J connectivity index is 1.40. The summed E-state index contributed by atoms with van der Waals surface area (Å²) in [6, 6.07) is 11.6. The minimum atomic E-state index is -0.441. The minimum Gasteiger partial charge on any atom is -0.336 e. The maximum atomic E-state index is 13.2. The third-order valence-corrected chi connectivity index (χ3v) is 6.05. The lowest BCUT2D eigenvalue weighted by Gasteiger charge is -2.41. The molecule has 0 aliphatic carbocycles. The lowest BCUT2D eigenvalue weighted by atomic mass is 10.1. The highest BCUT2D eigenvalue weighted by molar-refractivity contribution is 5.99. The first kappa shape index (κ1) is 17.8. The van der Waals surface area contributed by atoms with Crippen LogP contribution in [0, 0.1) is 0 Å². The molecule has 0 saturated carbocycles. The molecule has 0 radical (unpaired) electrons. The van der Waals surface area contributed by atoms with Crippen LogP contribution in [0.2, 0.25) is 0 Å². The van der Waals surface area contributed by atoms with Crippen molar-refractivity contribution in [1.29, 1.82) is 0 Å². The number of nitrogens with zero attached hydrogens (tertiary/aromatic N) is 5. The molecule has 2 aliphatic heterocycles. The molecule has 2 saturated heterocycles. The minimum absolute atomic E-state index is 0.0493. The molecular weight excluding hydrogens is 366 g/mol. The van der Waals surface area contributed by atoms with Crippen molar-refractivity contribution in [1.82, 2.24) is 24.3 Å². The predicted molar refractivity (Wildman–Crippen MR) is 108 cm³/mol. The van der Waals surface area contributed by atoms with Crippen molar-refractivity contribution in [2.75, 3.05) is 13.1 Å². The first-order valence-electron chi connectivity index (χ1n) is 10.1. The van der Waals surface area contributed by atoms with Crippen LogP contribution in [0.1, 0.15) is 35.7 Å². The second kappa shape index (κ2) is 6.99. The van der Waals surface area contributed by atoms with Crippen molar-refractivity contribution in [2.24, 2.45) is 0 Å². The van der Waals surface area contributed by atoms with Gasteiger partial charge in [-0.1, -0.05) is 30.3 Å². The fourth-order valence-corrected chi connectivity index (χ4v) is 4.46. The smallest absolute Gasteiger partial charge is 0.256 e. The largest absolute Gasteiger partial charge is 0.336 e. The molecule has 2 fully saturated rings. The van der Waals surface area contributed by atoms with Crippen LogP contribution in [-0.4, -0.2) is 61.3 Å². The molecule has 0 spiro atoms. The van der Waals surface area contributed by atoms with Crippen LogP contribution >= 0.6 is 0 Å². The zero-order chi connectivity index (χ0) is 20.0. The number of hydrogen-bond acceptors (Lipinski definition) is 4. The number of pyridine rings is 1. The lowest BCUT2D eigenvalue weighted by Crippen LogP contribution is -2.60. The third kappa shape index (κ3) is 3.06. The summed E-state index contributed by atoms with van der Waals surface area (Å²) in [6.45, 7) is 3.89. The van der Waals surface area contributed by atoms with Crippen molar-refractivity contribution >= 4 is 23.0 Å². The highest BCUT2D eigenvalue weighted by Gasteiger charge is 2.42. The van der Waals surface area contributed by atoms with Gasteiger partial charge in [-0.2, -0.15) is 0 Å². The van der Waals surface area contributed by atoms with Crippen LogP contribution in [0.4, 0.5) is 0 Å². The van der Waals surface area contributed by atoms with Gasteiger partial charge in [0, 0.05) is 25.3 Å². The molecule has 0 unspecified atom stereocenters. The molecule has 2 amide bonds. The highest BCUT2D eigenvalue weighted by Crippen LogP contribution is 2.27. The summed E-state index contributed by atoms with van der Waals surface area (Å²) in [4.78, 5) is 38.4. The number of benzene rings is 1. The van der Waals surface area contributed by atoms with E-state index in [1.165, 1.54) is 0 Å². The van der Waals surface area contributed by atoms with E-state index in [2.05, 4.69) is 22.1 Å². The van der Waals surface area contributed by atoms with E-state index in [1.54, 1.807) is 23.5 Å². The Morgan fingerprint density at radius 2 is 2.03 bits per heavy atom. The van der Waals surface area contributed by atoms with Gasteiger partial charge in [-0.05, 0) is 31.4 Å². The molecule has 3 aromatic rings. The Morgan fingerprint density at radius 3 is 2.86 bits per heavy atom. The van der Waals surface area contributed by atoms with Crippen LogP contribution in [0.25, 0.3) is 11.2 Å². The second-order valence-corrected chi connectivity index (χ2v) is 7.89. The zero-order valence-electron chi connectivity index (χ0n) is 16.4. The normalized spacial score (nSPS) is 21.6. The number of carbonyl (C=O) groups excluding carboxylic acids is 2. The first-order chi connectivity index (χ1) is 14.1. The third-order valence-electron chi connectivity index (χ3n) is 6.05. The van der Waals surface area contributed by atoms with Crippen LogP contribution in [0.15, 0.2) is 48.9 Å². The van der Waals surface area contributed by atoms with Gasteiger partial charge in [-0.3, -0.25) is 9.59 Å². The Kier molecular flexibility index (Phi) is 4.30. The molecule has 1 aromatic carbocycles. The Bertz CT molecular complexity index is 1080. The van der Waals surface area contributed by atoms with E-state index in [9.17, 15) is 9.59 Å². The molecule has 4 heterocycles. The number of piperazine rings is 1. The van der Waals surface area contributed by atoms with E-state index in [4.69, 9.17) is 0 Å². The van der Waals surface area contributed by atoms with Crippen molar-refractivity contribution < 1.29 is 9.59 Å². The quantitative estimate of drug-likeness (QED) is 0.689. The molecule has 148 valence electrons. The Morgan fingerprint density at radius 1 is 1.21 bits per heavy atom. The molecule has 0 bridgehead atoms. The van der Waals surface area contributed by atoms with Crippen LogP contribution in [0.3, 0.4) is 0 Å². The molecule has 2 atom stereocenters. The second-order valence-electron chi connectivity index (χ2n) is 7.89. The van der Waals surface area contributed by atoms with Gasteiger partial charge in [-0.25, -0.2) is 9.97 Å². The monoisotopic (exact) mass is 389 g/mol. The van der Waals surface area contributed by atoms with Crippen molar-refractivity contribution in [2.45, 2.75) is 38.4 Å². The summed E-state index contributed by atoms with van der Waals surface area (Å²) in [5, 5.41) is 0. The van der Waals surface area contributed by atoms with Gasteiger partial charge in [0.1, 0.15) is 11.6 Å². The van der Waals surface area contributed by atoms with Gasteiger partial charge < -0.3 is 14.4 Å². The summed E-state index contributed by atoms with van der Waals surface area (Å²) in [5.74, 6) is -0.0994. The average molecular weight is 389 g/mol. The van der Waals surface area contributed by atoms with Gasteiger partial charge in [-0.15, -0.1) is 0 Å². The number of carbonyl (C=O) groups is 2. The summed E-state index contributed by atoms with van der Waals surface area (Å²) >= 11 is 0. The predicted octanol–water partition coefficient (Wildman–Crippen LogP) is 2.31. The van der Waals surface area contributed by atoms with Gasteiger partial charge in [0.05, 0.1) is 18.4 Å². The van der Waals surface area contributed by atoms with E-state index in [-0.39, 0.29) is 17.9 Å². The Hall–Kier alpha value is -3.22. The molecule has 0 N–H and O–H groups in total. The maximum absolute atomic E-state index is 13.2. The lowest BCUT2D eigenvalue weighted by molar-refractivity contribution is -0.141.